The van der Waals surface area contributed by atoms with Crippen LogP contribution in [-0.4, -0.2) is 10.9 Å². The summed E-state index contributed by atoms with van der Waals surface area (Å²) in [7, 11) is 0. The molecule has 1 amide bonds. The maximum atomic E-state index is 12.0. The van der Waals surface area contributed by atoms with Crippen molar-refractivity contribution in [3.8, 4) is 0 Å². The van der Waals surface area contributed by atoms with Gasteiger partial charge in [0.1, 0.15) is 5.15 Å². The van der Waals surface area contributed by atoms with Crippen LogP contribution in [0.5, 0.6) is 0 Å². The fraction of sp³-hybridized carbons (Fsp3) is 0.0769. The number of nitrogens with zero attached hydrogens (tertiary/aromatic N) is 1. The monoisotopic (exact) mass is 324 g/mol. The number of rotatable bonds is 2. The third-order valence-electron chi connectivity index (χ3n) is 2.45. The van der Waals surface area contributed by atoms with Gasteiger partial charge >= 0.3 is 0 Å². The van der Waals surface area contributed by atoms with Crippen LogP contribution >= 0.6 is 27.5 Å². The first-order chi connectivity index (χ1) is 8.58. The Morgan fingerprint density at radius 1 is 1.39 bits per heavy atom. The molecular formula is C13H10BrClN2O. The summed E-state index contributed by atoms with van der Waals surface area (Å²) in [4.78, 5) is 15.9. The molecule has 1 aromatic carbocycles. The van der Waals surface area contributed by atoms with E-state index < -0.39 is 0 Å². The van der Waals surface area contributed by atoms with E-state index in [0.29, 0.717) is 5.56 Å². The van der Waals surface area contributed by atoms with Crippen LogP contribution in [0.1, 0.15) is 15.9 Å². The van der Waals surface area contributed by atoms with E-state index in [1.165, 1.54) is 0 Å². The van der Waals surface area contributed by atoms with Crippen LogP contribution in [0.2, 0.25) is 5.15 Å². The standard InChI is InChI=1S/C13H10BrClN2O/c1-8-4-5-9(14)7-11(8)17-13(18)10-3-2-6-16-12(10)15/h2-7H,1H3,(H,17,18). The van der Waals surface area contributed by atoms with Gasteiger partial charge in [-0.25, -0.2) is 4.98 Å². The van der Waals surface area contributed by atoms with Gasteiger partial charge in [-0.3, -0.25) is 4.79 Å². The smallest absolute Gasteiger partial charge is 0.258 e. The summed E-state index contributed by atoms with van der Waals surface area (Å²) in [5, 5.41) is 3.01. The molecule has 0 radical (unpaired) electrons. The molecule has 0 atom stereocenters. The Hall–Kier alpha value is -1.39. The van der Waals surface area contributed by atoms with Gasteiger partial charge in [-0.2, -0.15) is 0 Å². The van der Waals surface area contributed by atoms with E-state index in [9.17, 15) is 4.79 Å². The molecule has 2 aromatic rings. The maximum Gasteiger partial charge on any atom is 0.258 e. The molecule has 0 aliphatic heterocycles. The van der Waals surface area contributed by atoms with Crippen molar-refractivity contribution in [1.29, 1.82) is 0 Å². The molecule has 92 valence electrons. The van der Waals surface area contributed by atoms with Crippen LogP contribution in [0.3, 0.4) is 0 Å². The Morgan fingerprint density at radius 2 is 2.17 bits per heavy atom. The van der Waals surface area contributed by atoms with Crippen LogP contribution in [0, 0.1) is 6.92 Å². The summed E-state index contributed by atoms with van der Waals surface area (Å²) < 4.78 is 0.903. The van der Waals surface area contributed by atoms with E-state index >= 15 is 0 Å². The van der Waals surface area contributed by atoms with Gasteiger partial charge in [-0.1, -0.05) is 33.6 Å². The average molecular weight is 326 g/mol. The molecule has 0 fully saturated rings. The second-order valence-electron chi connectivity index (χ2n) is 3.76. The first kappa shape index (κ1) is 13.1. The van der Waals surface area contributed by atoms with Crippen molar-refractivity contribution >= 4 is 39.1 Å². The molecule has 18 heavy (non-hydrogen) atoms. The molecule has 0 saturated heterocycles. The van der Waals surface area contributed by atoms with Gasteiger partial charge in [0.05, 0.1) is 5.56 Å². The highest BCUT2D eigenvalue weighted by molar-refractivity contribution is 9.10. The number of halogens is 2. The number of pyridine rings is 1. The number of aromatic nitrogens is 1. The summed E-state index contributed by atoms with van der Waals surface area (Å²) in [5.74, 6) is -0.269. The largest absolute Gasteiger partial charge is 0.322 e. The van der Waals surface area contributed by atoms with Crippen LogP contribution < -0.4 is 5.32 Å². The molecule has 3 nitrogen and oxygen atoms in total. The minimum Gasteiger partial charge on any atom is -0.322 e. The van der Waals surface area contributed by atoms with Crippen molar-refractivity contribution < 1.29 is 4.79 Å². The number of carbonyl (C=O) groups excluding carboxylic acids is 1. The number of amides is 1. The third kappa shape index (κ3) is 2.89. The summed E-state index contributed by atoms with van der Waals surface area (Å²) >= 11 is 9.24. The highest BCUT2D eigenvalue weighted by atomic mass is 79.9. The third-order valence-corrected chi connectivity index (χ3v) is 3.25. The molecule has 0 saturated carbocycles. The topological polar surface area (TPSA) is 42.0 Å². The Morgan fingerprint density at radius 3 is 2.89 bits per heavy atom. The summed E-state index contributed by atoms with van der Waals surface area (Å²) in [5.41, 5.74) is 2.08. The lowest BCUT2D eigenvalue weighted by atomic mass is 10.2. The number of anilines is 1. The molecule has 2 rings (SSSR count). The fourth-order valence-corrected chi connectivity index (χ4v) is 2.04. The Bertz CT molecular complexity index is 601. The Labute approximate surface area is 118 Å². The zero-order valence-corrected chi connectivity index (χ0v) is 11.9. The van der Waals surface area contributed by atoms with Gasteiger partial charge in [0, 0.05) is 16.4 Å². The van der Waals surface area contributed by atoms with Crippen molar-refractivity contribution in [2.24, 2.45) is 0 Å². The number of hydrogen-bond donors (Lipinski definition) is 1. The first-order valence-electron chi connectivity index (χ1n) is 5.26. The van der Waals surface area contributed by atoms with Crippen molar-refractivity contribution in [2.45, 2.75) is 6.92 Å². The van der Waals surface area contributed by atoms with Crippen LogP contribution in [0.4, 0.5) is 5.69 Å². The van der Waals surface area contributed by atoms with Crippen molar-refractivity contribution in [3.05, 3.63) is 57.3 Å². The molecule has 0 aliphatic carbocycles. The zero-order chi connectivity index (χ0) is 13.1. The predicted molar refractivity (Wildman–Crippen MR) is 76.1 cm³/mol. The van der Waals surface area contributed by atoms with E-state index in [1.807, 2.05) is 25.1 Å². The van der Waals surface area contributed by atoms with Gasteiger partial charge < -0.3 is 5.32 Å². The molecular weight excluding hydrogens is 316 g/mol. The number of aryl methyl sites for hydroxylation is 1. The molecule has 0 spiro atoms. The number of benzene rings is 1. The van der Waals surface area contributed by atoms with Crippen molar-refractivity contribution in [1.82, 2.24) is 4.98 Å². The lowest BCUT2D eigenvalue weighted by Crippen LogP contribution is -2.13. The average Bonchev–Trinajstić information content (AvgIpc) is 2.34. The van der Waals surface area contributed by atoms with Crippen molar-refractivity contribution in [2.75, 3.05) is 5.32 Å². The normalized spacial score (nSPS) is 10.2. The van der Waals surface area contributed by atoms with Gasteiger partial charge in [0.25, 0.3) is 5.91 Å². The first-order valence-corrected chi connectivity index (χ1v) is 6.43. The number of hydrogen-bond acceptors (Lipinski definition) is 2. The van der Waals surface area contributed by atoms with E-state index in [1.54, 1.807) is 18.3 Å². The Balaban J connectivity index is 2.27. The number of nitrogens with one attached hydrogen (secondary N) is 1. The molecule has 0 bridgehead atoms. The molecule has 0 aliphatic rings. The lowest BCUT2D eigenvalue weighted by molar-refractivity contribution is 0.102. The number of carbonyl (C=O) groups is 1. The van der Waals surface area contributed by atoms with Crippen LogP contribution in [0.25, 0.3) is 0 Å². The van der Waals surface area contributed by atoms with E-state index in [0.717, 1.165) is 15.7 Å². The maximum absolute atomic E-state index is 12.0. The summed E-state index contributed by atoms with van der Waals surface area (Å²) in [6, 6.07) is 9.00. The fourth-order valence-electron chi connectivity index (χ4n) is 1.47. The van der Waals surface area contributed by atoms with E-state index in [-0.39, 0.29) is 11.1 Å². The summed E-state index contributed by atoms with van der Waals surface area (Å²) in [6.07, 6.45) is 1.55. The molecule has 1 N–H and O–H groups in total. The SMILES string of the molecule is Cc1ccc(Br)cc1NC(=O)c1cccnc1Cl. The highest BCUT2D eigenvalue weighted by Gasteiger charge is 2.11. The summed E-state index contributed by atoms with van der Waals surface area (Å²) in [6.45, 7) is 1.92. The van der Waals surface area contributed by atoms with Gasteiger partial charge in [0.15, 0.2) is 0 Å². The van der Waals surface area contributed by atoms with E-state index in [2.05, 4.69) is 26.2 Å². The van der Waals surface area contributed by atoms with E-state index in [4.69, 9.17) is 11.6 Å². The zero-order valence-electron chi connectivity index (χ0n) is 9.58. The second-order valence-corrected chi connectivity index (χ2v) is 5.03. The second kappa shape index (κ2) is 5.50. The minimum atomic E-state index is -0.269. The highest BCUT2D eigenvalue weighted by Crippen LogP contribution is 2.22. The van der Waals surface area contributed by atoms with Crippen LogP contribution in [0.15, 0.2) is 41.0 Å². The van der Waals surface area contributed by atoms with Crippen LogP contribution in [-0.2, 0) is 0 Å². The molecule has 1 heterocycles. The van der Waals surface area contributed by atoms with Gasteiger partial charge in [-0.15, -0.1) is 0 Å². The predicted octanol–water partition coefficient (Wildman–Crippen LogP) is 4.06. The Kier molecular flexibility index (Phi) is 3.99. The van der Waals surface area contributed by atoms with Gasteiger partial charge in [-0.05, 0) is 36.8 Å². The minimum absolute atomic E-state index is 0.197. The quantitative estimate of drug-likeness (QED) is 0.846. The molecule has 1 aromatic heterocycles. The molecule has 5 heteroatoms. The van der Waals surface area contributed by atoms with Gasteiger partial charge in [0.2, 0.25) is 0 Å². The molecule has 0 unspecified atom stereocenters. The van der Waals surface area contributed by atoms with Crippen molar-refractivity contribution in [3.63, 3.8) is 0 Å². The lowest BCUT2D eigenvalue weighted by Gasteiger charge is -2.09.